The van der Waals surface area contributed by atoms with Gasteiger partial charge in [0, 0.05) is 5.56 Å². The van der Waals surface area contributed by atoms with Gasteiger partial charge in [0.25, 0.3) is 0 Å². The molecule has 0 fully saturated rings. The Bertz CT molecular complexity index is 335. The van der Waals surface area contributed by atoms with Gasteiger partial charge in [-0.15, -0.1) is 0 Å². The van der Waals surface area contributed by atoms with Crippen molar-refractivity contribution in [1.29, 1.82) is 0 Å². The summed E-state index contributed by atoms with van der Waals surface area (Å²) in [5, 5.41) is 0. The van der Waals surface area contributed by atoms with Gasteiger partial charge in [-0.1, -0.05) is 11.6 Å². The van der Waals surface area contributed by atoms with E-state index in [2.05, 4.69) is 11.5 Å². The van der Waals surface area contributed by atoms with Gasteiger partial charge in [-0.2, -0.15) is 0 Å². The van der Waals surface area contributed by atoms with E-state index in [1.807, 2.05) is 33.8 Å². The molecule has 0 aromatic carbocycles. The lowest BCUT2D eigenvalue weighted by atomic mass is 10.1. The number of hydrogen-bond acceptors (Lipinski definition) is 3. The van der Waals surface area contributed by atoms with Crippen molar-refractivity contribution in [3.05, 3.63) is 34.8 Å². The van der Waals surface area contributed by atoms with Crippen LogP contribution in [0.25, 0.3) is 0 Å². The number of nitrogens with one attached hydrogen (secondary N) is 1. The molecule has 78 valence electrons. The summed E-state index contributed by atoms with van der Waals surface area (Å²) in [4.78, 5) is 0. The summed E-state index contributed by atoms with van der Waals surface area (Å²) in [5.74, 6) is 7.33. The van der Waals surface area contributed by atoms with Gasteiger partial charge >= 0.3 is 0 Å². The molecule has 3 nitrogen and oxygen atoms in total. The molecular formula is C11H18N2O. The molecule has 1 heterocycles. The zero-order valence-electron chi connectivity index (χ0n) is 9.22. The number of aryl methyl sites for hydroxylation is 2. The van der Waals surface area contributed by atoms with E-state index in [1.165, 1.54) is 5.57 Å². The maximum atomic E-state index is 5.49. The fourth-order valence-electron chi connectivity index (χ4n) is 1.52. The Morgan fingerprint density at radius 3 is 2.50 bits per heavy atom. The van der Waals surface area contributed by atoms with Crippen LogP contribution in [0.4, 0.5) is 0 Å². The average Bonchev–Trinajstić information content (AvgIpc) is 2.41. The van der Waals surface area contributed by atoms with E-state index in [9.17, 15) is 0 Å². The Kier molecular flexibility index (Phi) is 3.49. The Morgan fingerprint density at radius 2 is 2.14 bits per heavy atom. The van der Waals surface area contributed by atoms with Gasteiger partial charge in [0.2, 0.25) is 0 Å². The monoisotopic (exact) mass is 194 g/mol. The molecule has 0 amide bonds. The van der Waals surface area contributed by atoms with E-state index in [-0.39, 0.29) is 6.04 Å². The summed E-state index contributed by atoms with van der Waals surface area (Å²) >= 11 is 0. The molecule has 0 bridgehead atoms. The summed E-state index contributed by atoms with van der Waals surface area (Å²) in [6.45, 7) is 7.98. The number of allylic oxidation sites excluding steroid dienone is 1. The van der Waals surface area contributed by atoms with Gasteiger partial charge in [0.15, 0.2) is 0 Å². The third-order valence-corrected chi connectivity index (χ3v) is 2.09. The summed E-state index contributed by atoms with van der Waals surface area (Å²) in [6, 6.07) is 2.05. The van der Waals surface area contributed by atoms with Crippen molar-refractivity contribution in [2.45, 2.75) is 33.7 Å². The largest absolute Gasteiger partial charge is 0.466 e. The van der Waals surface area contributed by atoms with Crippen LogP contribution in [0.2, 0.25) is 0 Å². The van der Waals surface area contributed by atoms with E-state index in [1.54, 1.807) is 0 Å². The van der Waals surface area contributed by atoms with E-state index in [0.717, 1.165) is 17.1 Å². The quantitative estimate of drug-likeness (QED) is 0.441. The summed E-state index contributed by atoms with van der Waals surface area (Å²) in [6.07, 6.45) is 2.08. The van der Waals surface area contributed by atoms with E-state index >= 15 is 0 Å². The van der Waals surface area contributed by atoms with Crippen LogP contribution in [-0.4, -0.2) is 0 Å². The molecule has 1 rings (SSSR count). The second-order valence-electron chi connectivity index (χ2n) is 3.76. The first kappa shape index (κ1) is 11.0. The number of rotatable bonds is 3. The second-order valence-corrected chi connectivity index (χ2v) is 3.76. The average molecular weight is 194 g/mol. The molecule has 0 saturated carbocycles. The number of furan rings is 1. The first-order valence-electron chi connectivity index (χ1n) is 4.72. The predicted molar refractivity (Wildman–Crippen MR) is 57.7 cm³/mol. The van der Waals surface area contributed by atoms with Gasteiger partial charge in [-0.3, -0.25) is 5.84 Å². The first-order valence-corrected chi connectivity index (χ1v) is 4.72. The molecule has 1 atom stereocenters. The lowest BCUT2D eigenvalue weighted by Gasteiger charge is -2.10. The molecule has 0 aliphatic rings. The van der Waals surface area contributed by atoms with Gasteiger partial charge in [-0.25, -0.2) is 5.43 Å². The highest BCUT2D eigenvalue weighted by Gasteiger charge is 2.12. The standard InChI is InChI=1S/C11H18N2O/c1-7(2)5-11(13-12)10-6-8(3)14-9(10)4/h5-6,11,13H,12H2,1-4H3. The number of hydrazine groups is 1. The van der Waals surface area contributed by atoms with E-state index < -0.39 is 0 Å². The molecule has 0 radical (unpaired) electrons. The smallest absolute Gasteiger partial charge is 0.106 e. The maximum Gasteiger partial charge on any atom is 0.106 e. The van der Waals surface area contributed by atoms with Crippen LogP contribution in [0.3, 0.4) is 0 Å². The first-order chi connectivity index (χ1) is 6.54. The van der Waals surface area contributed by atoms with Crippen LogP contribution in [0.5, 0.6) is 0 Å². The van der Waals surface area contributed by atoms with Crippen LogP contribution in [0.1, 0.15) is 37.0 Å². The summed E-state index contributed by atoms with van der Waals surface area (Å²) < 4.78 is 5.45. The lowest BCUT2D eigenvalue weighted by Crippen LogP contribution is -2.26. The third kappa shape index (κ3) is 2.47. The zero-order chi connectivity index (χ0) is 10.7. The molecular weight excluding hydrogens is 176 g/mol. The Balaban J connectivity index is 3.00. The molecule has 0 aliphatic heterocycles. The minimum absolute atomic E-state index is 0.0393. The topological polar surface area (TPSA) is 51.2 Å². The van der Waals surface area contributed by atoms with Crippen molar-refractivity contribution in [1.82, 2.24) is 5.43 Å². The summed E-state index contributed by atoms with van der Waals surface area (Å²) in [5.41, 5.74) is 5.10. The lowest BCUT2D eigenvalue weighted by molar-refractivity contribution is 0.496. The normalized spacial score (nSPS) is 12.6. The highest BCUT2D eigenvalue weighted by molar-refractivity contribution is 5.28. The van der Waals surface area contributed by atoms with Crippen LogP contribution in [0.15, 0.2) is 22.1 Å². The third-order valence-electron chi connectivity index (χ3n) is 2.09. The van der Waals surface area contributed by atoms with Crippen molar-refractivity contribution in [2.75, 3.05) is 0 Å². The minimum Gasteiger partial charge on any atom is -0.466 e. The highest BCUT2D eigenvalue weighted by Crippen LogP contribution is 2.22. The number of nitrogens with two attached hydrogens (primary N) is 1. The van der Waals surface area contributed by atoms with Gasteiger partial charge in [0.05, 0.1) is 6.04 Å². The highest BCUT2D eigenvalue weighted by atomic mass is 16.3. The maximum absolute atomic E-state index is 5.49. The zero-order valence-corrected chi connectivity index (χ0v) is 9.22. The molecule has 14 heavy (non-hydrogen) atoms. The van der Waals surface area contributed by atoms with Crippen molar-refractivity contribution in [3.8, 4) is 0 Å². The SMILES string of the molecule is CC(C)=CC(NN)c1cc(C)oc1C. The van der Waals surface area contributed by atoms with Crippen LogP contribution >= 0.6 is 0 Å². The second kappa shape index (κ2) is 4.44. The van der Waals surface area contributed by atoms with Crippen molar-refractivity contribution < 1.29 is 4.42 Å². The van der Waals surface area contributed by atoms with E-state index in [4.69, 9.17) is 10.3 Å². The fourth-order valence-corrected chi connectivity index (χ4v) is 1.52. The van der Waals surface area contributed by atoms with Crippen LogP contribution in [-0.2, 0) is 0 Å². The predicted octanol–water partition coefficient (Wildman–Crippen LogP) is 2.37. The molecule has 1 aromatic heterocycles. The van der Waals surface area contributed by atoms with Crippen molar-refractivity contribution in [2.24, 2.45) is 5.84 Å². The minimum atomic E-state index is 0.0393. The molecule has 3 heteroatoms. The van der Waals surface area contributed by atoms with Crippen LogP contribution in [0, 0.1) is 13.8 Å². The molecule has 0 saturated heterocycles. The van der Waals surface area contributed by atoms with E-state index in [0.29, 0.717) is 0 Å². The molecule has 1 unspecified atom stereocenters. The Hall–Kier alpha value is -1.06. The van der Waals surface area contributed by atoms with Crippen molar-refractivity contribution >= 4 is 0 Å². The van der Waals surface area contributed by atoms with Crippen molar-refractivity contribution in [3.63, 3.8) is 0 Å². The van der Waals surface area contributed by atoms with Gasteiger partial charge < -0.3 is 4.42 Å². The van der Waals surface area contributed by atoms with Crippen LogP contribution < -0.4 is 11.3 Å². The molecule has 1 aromatic rings. The molecule has 3 N–H and O–H groups in total. The molecule has 0 aliphatic carbocycles. The number of hydrogen-bond donors (Lipinski definition) is 2. The van der Waals surface area contributed by atoms with Gasteiger partial charge in [0.1, 0.15) is 11.5 Å². The Morgan fingerprint density at radius 1 is 1.50 bits per heavy atom. The molecule has 0 spiro atoms. The fraction of sp³-hybridized carbons (Fsp3) is 0.455. The van der Waals surface area contributed by atoms with Gasteiger partial charge in [-0.05, 0) is 33.8 Å². The summed E-state index contributed by atoms with van der Waals surface area (Å²) in [7, 11) is 0. The Labute approximate surface area is 85.0 Å².